The summed E-state index contributed by atoms with van der Waals surface area (Å²) in [5.74, 6) is -0.134. The Kier molecular flexibility index (Phi) is 4.66. The molecule has 3 nitrogen and oxygen atoms in total. The summed E-state index contributed by atoms with van der Waals surface area (Å²) in [7, 11) is 0. The van der Waals surface area contributed by atoms with Crippen molar-refractivity contribution in [2.45, 2.75) is 38.6 Å². The van der Waals surface area contributed by atoms with E-state index in [-0.39, 0.29) is 11.3 Å². The number of para-hydroxylation sites is 2. The largest absolute Gasteiger partial charge is 0.573 e. The summed E-state index contributed by atoms with van der Waals surface area (Å²) in [6, 6.07) is 6.34. The molecule has 118 valence electrons. The van der Waals surface area contributed by atoms with Crippen molar-refractivity contribution in [2.75, 3.05) is 24.5 Å². The van der Waals surface area contributed by atoms with Crippen molar-refractivity contribution in [1.29, 1.82) is 0 Å². The highest BCUT2D eigenvalue weighted by Crippen LogP contribution is 2.34. The van der Waals surface area contributed by atoms with Gasteiger partial charge in [0.1, 0.15) is 0 Å². The summed E-state index contributed by atoms with van der Waals surface area (Å²) in [6.45, 7) is 6.40. The summed E-state index contributed by atoms with van der Waals surface area (Å²) < 4.78 is 41.8. The van der Waals surface area contributed by atoms with Gasteiger partial charge in [-0.15, -0.1) is 13.2 Å². The summed E-state index contributed by atoms with van der Waals surface area (Å²) in [4.78, 5) is 1.98. The van der Waals surface area contributed by atoms with E-state index in [2.05, 4.69) is 23.9 Å². The molecular weight excluding hydrogens is 281 g/mol. The van der Waals surface area contributed by atoms with Crippen LogP contribution in [0.4, 0.5) is 18.9 Å². The molecule has 0 aromatic heterocycles. The first-order valence-electron chi connectivity index (χ1n) is 7.18. The zero-order chi connectivity index (χ0) is 15.5. The van der Waals surface area contributed by atoms with Crippen LogP contribution in [-0.4, -0.2) is 31.5 Å². The first kappa shape index (κ1) is 15.9. The number of benzene rings is 1. The van der Waals surface area contributed by atoms with Crippen LogP contribution in [0.2, 0.25) is 0 Å². The van der Waals surface area contributed by atoms with Gasteiger partial charge in [0.05, 0.1) is 5.69 Å². The number of hydrogen-bond acceptors (Lipinski definition) is 3. The SMILES string of the molecule is CCC1(C)CN(c2ccccc2OC(F)(F)F)CCCN1. The Morgan fingerprint density at radius 1 is 1.33 bits per heavy atom. The molecule has 1 aromatic carbocycles. The number of hydrogen-bond donors (Lipinski definition) is 1. The third-order valence-electron chi connectivity index (χ3n) is 3.91. The highest BCUT2D eigenvalue weighted by molar-refractivity contribution is 5.59. The van der Waals surface area contributed by atoms with E-state index in [0.717, 1.165) is 19.4 Å². The second-order valence-electron chi connectivity index (χ2n) is 5.63. The smallest absolute Gasteiger partial charge is 0.404 e. The number of rotatable bonds is 3. The van der Waals surface area contributed by atoms with E-state index < -0.39 is 6.36 Å². The Morgan fingerprint density at radius 2 is 2.05 bits per heavy atom. The third kappa shape index (κ3) is 4.27. The number of ether oxygens (including phenoxy) is 1. The number of alkyl halides is 3. The second kappa shape index (κ2) is 6.13. The minimum atomic E-state index is -4.67. The van der Waals surface area contributed by atoms with Gasteiger partial charge in [0.25, 0.3) is 0 Å². The van der Waals surface area contributed by atoms with Crippen LogP contribution in [-0.2, 0) is 0 Å². The fourth-order valence-corrected chi connectivity index (χ4v) is 2.59. The zero-order valence-corrected chi connectivity index (χ0v) is 12.3. The summed E-state index contributed by atoms with van der Waals surface area (Å²) in [6.07, 6.45) is -2.88. The predicted molar refractivity (Wildman–Crippen MR) is 76.7 cm³/mol. The quantitative estimate of drug-likeness (QED) is 0.924. The monoisotopic (exact) mass is 302 g/mol. The van der Waals surface area contributed by atoms with Crippen LogP contribution in [0.1, 0.15) is 26.7 Å². The van der Waals surface area contributed by atoms with E-state index in [0.29, 0.717) is 18.8 Å². The number of nitrogens with zero attached hydrogens (tertiary/aromatic N) is 1. The van der Waals surface area contributed by atoms with Crippen molar-refractivity contribution >= 4 is 5.69 Å². The van der Waals surface area contributed by atoms with E-state index in [1.54, 1.807) is 18.2 Å². The maximum atomic E-state index is 12.5. The van der Waals surface area contributed by atoms with Crippen molar-refractivity contribution in [3.8, 4) is 5.75 Å². The molecule has 1 saturated heterocycles. The van der Waals surface area contributed by atoms with Gasteiger partial charge in [-0.25, -0.2) is 0 Å². The molecule has 1 fully saturated rings. The Hall–Kier alpha value is -1.43. The van der Waals surface area contributed by atoms with Crippen LogP contribution in [0, 0.1) is 0 Å². The molecule has 6 heteroatoms. The lowest BCUT2D eigenvalue weighted by molar-refractivity contribution is -0.274. The molecule has 0 spiro atoms. The van der Waals surface area contributed by atoms with Crippen LogP contribution in [0.3, 0.4) is 0 Å². The molecule has 21 heavy (non-hydrogen) atoms. The van der Waals surface area contributed by atoms with Crippen molar-refractivity contribution in [3.63, 3.8) is 0 Å². The van der Waals surface area contributed by atoms with Crippen LogP contribution < -0.4 is 15.0 Å². The second-order valence-corrected chi connectivity index (χ2v) is 5.63. The van der Waals surface area contributed by atoms with Crippen LogP contribution in [0.25, 0.3) is 0 Å². The van der Waals surface area contributed by atoms with E-state index >= 15 is 0 Å². The molecule has 0 bridgehead atoms. The van der Waals surface area contributed by atoms with Crippen LogP contribution >= 0.6 is 0 Å². The zero-order valence-electron chi connectivity index (χ0n) is 12.3. The Labute approximate surface area is 123 Å². The van der Waals surface area contributed by atoms with Gasteiger partial charge >= 0.3 is 6.36 Å². The molecule has 0 amide bonds. The highest BCUT2D eigenvalue weighted by Gasteiger charge is 2.34. The van der Waals surface area contributed by atoms with Gasteiger partial charge < -0.3 is 15.0 Å². The Morgan fingerprint density at radius 3 is 2.71 bits per heavy atom. The predicted octanol–water partition coefficient (Wildman–Crippen LogP) is 3.55. The maximum absolute atomic E-state index is 12.5. The molecule has 1 aliphatic heterocycles. The van der Waals surface area contributed by atoms with Crippen molar-refractivity contribution in [3.05, 3.63) is 24.3 Å². The van der Waals surface area contributed by atoms with Crippen LogP contribution in [0.5, 0.6) is 5.75 Å². The topological polar surface area (TPSA) is 24.5 Å². The third-order valence-corrected chi connectivity index (χ3v) is 3.91. The van der Waals surface area contributed by atoms with Crippen molar-refractivity contribution in [1.82, 2.24) is 5.32 Å². The first-order chi connectivity index (χ1) is 9.83. The standard InChI is InChI=1S/C15H21F3N2O/c1-3-14(2)11-20(10-6-9-19-14)12-7-4-5-8-13(12)21-15(16,17)18/h4-5,7-8,19H,3,6,9-11H2,1-2H3. The fourth-order valence-electron chi connectivity index (χ4n) is 2.59. The molecule has 0 saturated carbocycles. The van der Waals surface area contributed by atoms with E-state index in [1.807, 2.05) is 4.90 Å². The summed E-state index contributed by atoms with van der Waals surface area (Å²) >= 11 is 0. The average molecular weight is 302 g/mol. The Balaban J connectivity index is 2.27. The maximum Gasteiger partial charge on any atom is 0.573 e. The van der Waals surface area contributed by atoms with Gasteiger partial charge in [0, 0.05) is 18.6 Å². The van der Waals surface area contributed by atoms with Gasteiger partial charge in [-0.05, 0) is 38.4 Å². The molecule has 2 rings (SSSR count). The highest BCUT2D eigenvalue weighted by atomic mass is 19.4. The normalized spacial score (nSPS) is 23.8. The molecule has 1 unspecified atom stereocenters. The van der Waals surface area contributed by atoms with Crippen molar-refractivity contribution < 1.29 is 17.9 Å². The molecule has 1 atom stereocenters. The molecule has 1 N–H and O–H groups in total. The summed E-state index contributed by atoms with van der Waals surface area (Å²) in [5.41, 5.74) is 0.389. The molecule has 1 heterocycles. The first-order valence-corrected chi connectivity index (χ1v) is 7.18. The fraction of sp³-hybridized carbons (Fsp3) is 0.600. The molecule has 1 aromatic rings. The number of anilines is 1. The minimum absolute atomic E-state index is 0.109. The molecular formula is C15H21F3N2O. The Bertz CT molecular complexity index is 478. The molecule has 0 radical (unpaired) electrons. The molecule has 0 aliphatic carbocycles. The lowest BCUT2D eigenvalue weighted by Crippen LogP contribution is -2.48. The summed E-state index contributed by atoms with van der Waals surface area (Å²) in [5, 5.41) is 3.47. The van der Waals surface area contributed by atoms with Gasteiger partial charge in [-0.3, -0.25) is 0 Å². The number of nitrogens with one attached hydrogen (secondary N) is 1. The van der Waals surface area contributed by atoms with E-state index in [4.69, 9.17) is 0 Å². The van der Waals surface area contributed by atoms with Gasteiger partial charge in [0.2, 0.25) is 0 Å². The van der Waals surface area contributed by atoms with Crippen LogP contribution in [0.15, 0.2) is 24.3 Å². The lowest BCUT2D eigenvalue weighted by atomic mass is 9.98. The van der Waals surface area contributed by atoms with Gasteiger partial charge in [-0.1, -0.05) is 19.1 Å². The van der Waals surface area contributed by atoms with E-state index in [1.165, 1.54) is 6.07 Å². The van der Waals surface area contributed by atoms with E-state index in [9.17, 15) is 13.2 Å². The van der Waals surface area contributed by atoms with Crippen molar-refractivity contribution in [2.24, 2.45) is 0 Å². The molecule has 1 aliphatic rings. The van der Waals surface area contributed by atoms with Gasteiger partial charge in [-0.2, -0.15) is 0 Å². The van der Waals surface area contributed by atoms with Gasteiger partial charge in [0.15, 0.2) is 5.75 Å². The number of halogens is 3. The lowest BCUT2D eigenvalue weighted by Gasteiger charge is -2.34. The average Bonchev–Trinajstić information content (AvgIpc) is 2.60. The minimum Gasteiger partial charge on any atom is -0.404 e.